The van der Waals surface area contributed by atoms with Gasteiger partial charge in [-0.3, -0.25) is 5.32 Å². The van der Waals surface area contributed by atoms with Gasteiger partial charge in [0.2, 0.25) is 0 Å². The molecule has 0 heterocycles. The van der Waals surface area contributed by atoms with Gasteiger partial charge in [0.05, 0.1) is 0 Å². The molecule has 0 aliphatic heterocycles. The number of carbonyl (C=O) groups is 1. The molecule has 0 saturated carbocycles. The molecule has 0 aliphatic rings. The van der Waals surface area contributed by atoms with E-state index in [2.05, 4.69) is 21.2 Å². The van der Waals surface area contributed by atoms with E-state index in [1.54, 1.807) is 0 Å². The second kappa shape index (κ2) is 6.38. The Balaban J connectivity index is 1.89. The lowest BCUT2D eigenvalue weighted by molar-refractivity contribution is 0.155. The summed E-state index contributed by atoms with van der Waals surface area (Å²) in [6, 6.07) is 15.2. The van der Waals surface area contributed by atoms with E-state index in [0.717, 1.165) is 21.3 Å². The van der Waals surface area contributed by atoms with Crippen molar-refractivity contribution >= 4 is 27.7 Å². The molecule has 0 aromatic heterocycles. The Bertz CT molecular complexity index is 570. The molecule has 2 rings (SSSR count). The number of carbonyl (C=O) groups excluding carboxylic acids is 1. The summed E-state index contributed by atoms with van der Waals surface area (Å²) < 4.78 is 6.15. The number of ether oxygens (including phenoxy) is 1. The smallest absolute Gasteiger partial charge is 0.411 e. The molecule has 2 aromatic carbocycles. The van der Waals surface area contributed by atoms with Crippen LogP contribution in [0, 0.1) is 6.92 Å². The van der Waals surface area contributed by atoms with Crippen LogP contribution in [0.1, 0.15) is 11.1 Å². The Hall–Kier alpha value is -1.81. The number of hydrogen-bond acceptors (Lipinski definition) is 2. The first-order chi connectivity index (χ1) is 9.15. The van der Waals surface area contributed by atoms with E-state index < -0.39 is 6.09 Å². The zero-order valence-electron chi connectivity index (χ0n) is 10.5. The third-order valence-corrected chi connectivity index (χ3v) is 3.51. The standard InChI is InChI=1S/C15H14BrNO2/c1-11-9-13(7-8-14(11)16)17-15(18)19-10-12-5-3-2-4-6-12/h2-9H,10H2,1H3,(H,17,18). The molecule has 1 N–H and O–H groups in total. The molecule has 0 unspecified atom stereocenters. The van der Waals surface area contributed by atoms with Gasteiger partial charge in [0.25, 0.3) is 0 Å². The molecular formula is C15H14BrNO2. The Morgan fingerprint density at radius 2 is 1.95 bits per heavy atom. The first-order valence-corrected chi connectivity index (χ1v) is 6.68. The average Bonchev–Trinajstić information content (AvgIpc) is 2.42. The summed E-state index contributed by atoms with van der Waals surface area (Å²) in [7, 11) is 0. The van der Waals surface area contributed by atoms with Gasteiger partial charge in [0.1, 0.15) is 6.61 Å². The quantitative estimate of drug-likeness (QED) is 0.904. The van der Waals surface area contributed by atoms with Crippen molar-refractivity contribution in [2.24, 2.45) is 0 Å². The van der Waals surface area contributed by atoms with E-state index in [9.17, 15) is 4.79 Å². The maximum absolute atomic E-state index is 11.6. The van der Waals surface area contributed by atoms with Crippen LogP contribution in [0.4, 0.5) is 10.5 Å². The predicted octanol–water partition coefficient (Wildman–Crippen LogP) is 4.51. The Morgan fingerprint density at radius 3 is 2.63 bits per heavy atom. The van der Waals surface area contributed by atoms with Crippen LogP contribution in [0.2, 0.25) is 0 Å². The van der Waals surface area contributed by atoms with Crippen LogP contribution in [0.3, 0.4) is 0 Å². The van der Waals surface area contributed by atoms with Crippen LogP contribution in [-0.4, -0.2) is 6.09 Å². The van der Waals surface area contributed by atoms with Crippen LogP contribution in [0.25, 0.3) is 0 Å². The fourth-order valence-electron chi connectivity index (χ4n) is 1.60. The predicted molar refractivity (Wildman–Crippen MR) is 79.1 cm³/mol. The molecule has 2 aromatic rings. The van der Waals surface area contributed by atoms with Crippen LogP contribution < -0.4 is 5.32 Å². The van der Waals surface area contributed by atoms with Gasteiger partial charge in [-0.2, -0.15) is 0 Å². The topological polar surface area (TPSA) is 38.3 Å². The van der Waals surface area contributed by atoms with Crippen LogP contribution >= 0.6 is 15.9 Å². The van der Waals surface area contributed by atoms with E-state index in [1.807, 2.05) is 55.5 Å². The van der Waals surface area contributed by atoms with E-state index >= 15 is 0 Å². The zero-order chi connectivity index (χ0) is 13.7. The van der Waals surface area contributed by atoms with Gasteiger partial charge < -0.3 is 4.74 Å². The highest BCUT2D eigenvalue weighted by atomic mass is 79.9. The third kappa shape index (κ3) is 4.10. The lowest BCUT2D eigenvalue weighted by atomic mass is 10.2. The Kier molecular flexibility index (Phi) is 4.58. The van der Waals surface area contributed by atoms with Crippen molar-refractivity contribution in [2.75, 3.05) is 5.32 Å². The number of halogens is 1. The summed E-state index contributed by atoms with van der Waals surface area (Å²) in [5.74, 6) is 0. The molecule has 1 amide bonds. The van der Waals surface area contributed by atoms with E-state index in [1.165, 1.54) is 0 Å². The van der Waals surface area contributed by atoms with Crippen molar-refractivity contribution < 1.29 is 9.53 Å². The summed E-state index contributed by atoms with van der Waals surface area (Å²) in [6.45, 7) is 2.23. The maximum atomic E-state index is 11.6. The molecule has 4 heteroatoms. The van der Waals surface area contributed by atoms with Gasteiger partial charge in [-0.15, -0.1) is 0 Å². The van der Waals surface area contributed by atoms with Crippen LogP contribution in [-0.2, 0) is 11.3 Å². The van der Waals surface area contributed by atoms with Gasteiger partial charge in [0.15, 0.2) is 0 Å². The molecule has 0 saturated heterocycles. The van der Waals surface area contributed by atoms with Gasteiger partial charge in [0, 0.05) is 10.2 Å². The van der Waals surface area contributed by atoms with Gasteiger partial charge in [-0.05, 0) is 36.2 Å². The van der Waals surface area contributed by atoms with Crippen molar-refractivity contribution in [3.05, 3.63) is 64.1 Å². The maximum Gasteiger partial charge on any atom is 0.411 e. The second-order valence-corrected chi connectivity index (χ2v) is 5.01. The van der Waals surface area contributed by atoms with E-state index in [0.29, 0.717) is 0 Å². The Labute approximate surface area is 120 Å². The first-order valence-electron chi connectivity index (χ1n) is 5.89. The molecule has 0 spiro atoms. The SMILES string of the molecule is Cc1cc(NC(=O)OCc2ccccc2)ccc1Br. The molecule has 0 aliphatic carbocycles. The number of benzene rings is 2. The lowest BCUT2D eigenvalue weighted by Gasteiger charge is -2.08. The van der Waals surface area contributed by atoms with Crippen LogP contribution in [0.5, 0.6) is 0 Å². The lowest BCUT2D eigenvalue weighted by Crippen LogP contribution is -2.13. The largest absolute Gasteiger partial charge is 0.444 e. The number of nitrogens with one attached hydrogen (secondary N) is 1. The van der Waals surface area contributed by atoms with Crippen molar-refractivity contribution in [3.63, 3.8) is 0 Å². The van der Waals surface area contributed by atoms with Crippen molar-refractivity contribution in [2.45, 2.75) is 13.5 Å². The first kappa shape index (κ1) is 13.6. The second-order valence-electron chi connectivity index (χ2n) is 4.15. The number of anilines is 1. The van der Waals surface area contributed by atoms with Crippen molar-refractivity contribution in [3.8, 4) is 0 Å². The average molecular weight is 320 g/mol. The fraction of sp³-hybridized carbons (Fsp3) is 0.133. The number of amides is 1. The summed E-state index contributed by atoms with van der Waals surface area (Å²) in [4.78, 5) is 11.6. The third-order valence-electron chi connectivity index (χ3n) is 2.62. The van der Waals surface area contributed by atoms with Crippen molar-refractivity contribution in [1.82, 2.24) is 0 Å². The molecule has 0 bridgehead atoms. The molecule has 98 valence electrons. The summed E-state index contributed by atoms with van der Waals surface area (Å²) in [5, 5.41) is 2.70. The Morgan fingerprint density at radius 1 is 1.21 bits per heavy atom. The molecule has 0 atom stereocenters. The molecule has 0 fully saturated rings. The van der Waals surface area contributed by atoms with Gasteiger partial charge in [-0.25, -0.2) is 4.79 Å². The van der Waals surface area contributed by atoms with E-state index in [4.69, 9.17) is 4.74 Å². The van der Waals surface area contributed by atoms with Crippen LogP contribution in [0.15, 0.2) is 53.0 Å². The monoisotopic (exact) mass is 319 g/mol. The summed E-state index contributed by atoms with van der Waals surface area (Å²) in [5.41, 5.74) is 2.74. The normalized spacial score (nSPS) is 10.0. The van der Waals surface area contributed by atoms with Gasteiger partial charge >= 0.3 is 6.09 Å². The molecule has 19 heavy (non-hydrogen) atoms. The minimum Gasteiger partial charge on any atom is -0.444 e. The zero-order valence-corrected chi connectivity index (χ0v) is 12.1. The summed E-state index contributed by atoms with van der Waals surface area (Å²) in [6.07, 6.45) is -0.453. The number of rotatable bonds is 3. The molecular weight excluding hydrogens is 306 g/mol. The highest BCUT2D eigenvalue weighted by Crippen LogP contribution is 2.20. The van der Waals surface area contributed by atoms with Crippen molar-refractivity contribution in [1.29, 1.82) is 0 Å². The number of hydrogen-bond donors (Lipinski definition) is 1. The highest BCUT2D eigenvalue weighted by Gasteiger charge is 2.04. The van der Waals surface area contributed by atoms with E-state index in [-0.39, 0.29) is 6.61 Å². The summed E-state index contributed by atoms with van der Waals surface area (Å²) >= 11 is 3.41. The fourth-order valence-corrected chi connectivity index (χ4v) is 1.85. The molecule has 3 nitrogen and oxygen atoms in total. The molecule has 0 radical (unpaired) electrons. The minimum atomic E-state index is -0.453. The van der Waals surface area contributed by atoms with Gasteiger partial charge in [-0.1, -0.05) is 46.3 Å². The number of aryl methyl sites for hydroxylation is 1. The highest BCUT2D eigenvalue weighted by molar-refractivity contribution is 9.10. The minimum absolute atomic E-state index is 0.266.